The summed E-state index contributed by atoms with van der Waals surface area (Å²) in [7, 11) is 2.95. The number of carboxylic acids is 1. The second kappa shape index (κ2) is 23.0. The minimum Gasteiger partial charge on any atom is -0.493 e. The first-order valence-corrected chi connectivity index (χ1v) is 24.8. The summed E-state index contributed by atoms with van der Waals surface area (Å²) in [6.45, 7) is 8.88. The Kier molecular flexibility index (Phi) is 16.3. The van der Waals surface area contributed by atoms with E-state index in [1.54, 1.807) is 53.6 Å². The summed E-state index contributed by atoms with van der Waals surface area (Å²) in [6.07, 6.45) is 3.64. The summed E-state index contributed by atoms with van der Waals surface area (Å²) >= 11 is 0. The number of carboxylic acid groups (broad SMARTS) is 1. The van der Waals surface area contributed by atoms with Gasteiger partial charge in [0.25, 0.3) is 11.8 Å². The monoisotopic (exact) mass is 1030 g/mol. The Morgan fingerprint density at radius 3 is 2.17 bits per heavy atom. The van der Waals surface area contributed by atoms with E-state index in [1.165, 1.54) is 30.1 Å². The Morgan fingerprint density at radius 1 is 0.867 bits per heavy atom. The number of anilines is 2. The molecular weight excluding hydrogens is 973 g/mol. The number of aliphatic hydroxyl groups is 1. The number of hydrogen-bond acceptors (Lipinski definition) is 14. The Bertz CT molecular complexity index is 2790. The highest BCUT2D eigenvalue weighted by atomic mass is 16.6. The summed E-state index contributed by atoms with van der Waals surface area (Å²) in [5.74, 6) is -1.82. The third-order valence-electron chi connectivity index (χ3n) is 14.2. The van der Waals surface area contributed by atoms with Crippen molar-refractivity contribution in [2.75, 3.05) is 63.8 Å². The lowest BCUT2D eigenvalue weighted by molar-refractivity contribution is -0.162. The van der Waals surface area contributed by atoms with Crippen LogP contribution in [0.3, 0.4) is 0 Å². The lowest BCUT2D eigenvalue weighted by atomic mass is 9.68. The summed E-state index contributed by atoms with van der Waals surface area (Å²) in [4.78, 5) is 101. The number of amides is 7. The number of ether oxygens (including phenoxy) is 5. The van der Waals surface area contributed by atoms with Crippen molar-refractivity contribution >= 4 is 65.0 Å². The van der Waals surface area contributed by atoms with Crippen LogP contribution in [0.1, 0.15) is 84.1 Å². The van der Waals surface area contributed by atoms with Gasteiger partial charge in [0.1, 0.15) is 18.1 Å². The highest BCUT2D eigenvalue weighted by Gasteiger charge is 2.52. The number of carbonyl (C=O) groups is 7. The van der Waals surface area contributed by atoms with Crippen molar-refractivity contribution in [3.05, 3.63) is 89.5 Å². The van der Waals surface area contributed by atoms with E-state index in [0.717, 1.165) is 5.57 Å². The highest BCUT2D eigenvalue weighted by Crippen LogP contribution is 2.43. The van der Waals surface area contributed by atoms with Crippen LogP contribution in [0.4, 0.5) is 26.7 Å². The summed E-state index contributed by atoms with van der Waals surface area (Å²) in [5, 5.41) is 28.7. The molecule has 3 aromatic rings. The molecule has 22 heteroatoms. The molecule has 3 fully saturated rings. The lowest BCUT2D eigenvalue weighted by Gasteiger charge is -2.36. The number of nitrogens with two attached hydrogens (primary N) is 1. The fraction of sp³-hybridized carbons (Fsp3) is 0.434. The van der Waals surface area contributed by atoms with Gasteiger partial charge in [0, 0.05) is 43.7 Å². The quantitative estimate of drug-likeness (QED) is 0.0473. The molecule has 0 spiro atoms. The van der Waals surface area contributed by atoms with Gasteiger partial charge < -0.3 is 65.4 Å². The number of aliphatic hydroxyl groups excluding tert-OH is 1. The van der Waals surface area contributed by atoms with Crippen LogP contribution >= 0.6 is 0 Å². The van der Waals surface area contributed by atoms with Gasteiger partial charge in [-0.1, -0.05) is 37.3 Å². The molecule has 4 aliphatic heterocycles. The molecule has 1 saturated carbocycles. The average Bonchev–Trinajstić information content (AvgIpc) is 3.82. The normalized spacial score (nSPS) is 19.5. The van der Waals surface area contributed by atoms with Crippen molar-refractivity contribution in [2.45, 2.75) is 88.6 Å². The zero-order valence-electron chi connectivity index (χ0n) is 41.9. The Labute approximate surface area is 432 Å². The number of nitrogens with zero attached hydrogens (tertiary/aromatic N) is 4. The van der Waals surface area contributed by atoms with Gasteiger partial charge >= 0.3 is 18.1 Å². The van der Waals surface area contributed by atoms with E-state index < -0.39 is 59.4 Å². The van der Waals surface area contributed by atoms with Crippen molar-refractivity contribution in [2.24, 2.45) is 16.1 Å². The number of nitrogens with one attached hydrogen (secondary N) is 3. The standard InChI is InChI=1S/C53H62N8O14/c1-30-20-34-25-56-38-23-43(41(71-3)21-35(38)47(64)59(34)26-30)73-18-6-5-7-19-74-44-24-39-36(22-42(44)72-4)48(65)60-27-31(2)45(62)40(60)28-61(39)52(70)75-29-32-11-13-33(14-12-32)57-46(63)37(10-8-17-55-51(54)69)58-49(66)53(50(67)68)15-9-16-53/h11-14,21-25,34,37,40,45,62H,1-2,5-10,15-20,26-29H2,3-4H3,(H,57,63)(H,58,66)(H,67,68)(H3,54,55,69)/t34-,37-,40-,45-/m0/s1. The van der Waals surface area contributed by atoms with E-state index in [2.05, 4.69) is 34.1 Å². The topological polar surface area (TPSA) is 290 Å². The van der Waals surface area contributed by atoms with Crippen LogP contribution in [-0.2, 0) is 25.7 Å². The van der Waals surface area contributed by atoms with Crippen molar-refractivity contribution in [1.82, 2.24) is 20.4 Å². The maximum atomic E-state index is 14.1. The Hall–Kier alpha value is -8.14. The number of hydrogen-bond donors (Lipinski definition) is 6. The maximum absolute atomic E-state index is 14.1. The van der Waals surface area contributed by atoms with Crippen LogP contribution in [0.15, 0.2) is 77.8 Å². The molecule has 7 amide bonds. The number of primary amides is 1. The van der Waals surface area contributed by atoms with E-state index in [0.29, 0.717) is 84.8 Å². The van der Waals surface area contributed by atoms with E-state index in [-0.39, 0.29) is 93.2 Å². The molecule has 2 saturated heterocycles. The summed E-state index contributed by atoms with van der Waals surface area (Å²) < 4.78 is 29.4. The van der Waals surface area contributed by atoms with Gasteiger partial charge in [-0.2, -0.15) is 0 Å². The van der Waals surface area contributed by atoms with Crippen LogP contribution in [0.5, 0.6) is 23.0 Å². The van der Waals surface area contributed by atoms with Crippen molar-refractivity contribution in [3.8, 4) is 23.0 Å². The molecule has 0 unspecified atom stereocenters. The largest absolute Gasteiger partial charge is 0.493 e. The van der Waals surface area contributed by atoms with Gasteiger partial charge in [0.2, 0.25) is 11.8 Å². The van der Waals surface area contributed by atoms with Crippen molar-refractivity contribution in [1.29, 1.82) is 0 Å². The zero-order valence-corrected chi connectivity index (χ0v) is 41.9. The average molecular weight is 1040 g/mol. The molecule has 1 aliphatic carbocycles. The van der Waals surface area contributed by atoms with E-state index in [1.807, 2.05) is 0 Å². The number of carbonyl (C=O) groups excluding carboxylic acids is 6. The fourth-order valence-corrected chi connectivity index (χ4v) is 9.76. The Balaban J connectivity index is 0.890. The van der Waals surface area contributed by atoms with Gasteiger partial charge in [-0.15, -0.1) is 0 Å². The van der Waals surface area contributed by atoms with E-state index in [4.69, 9.17) is 29.4 Å². The summed E-state index contributed by atoms with van der Waals surface area (Å²) in [5.41, 5.74) is 7.05. The van der Waals surface area contributed by atoms with Gasteiger partial charge in [-0.3, -0.25) is 33.9 Å². The minimum absolute atomic E-state index is 0.0710. The third kappa shape index (κ3) is 11.5. The Morgan fingerprint density at radius 2 is 1.53 bits per heavy atom. The first-order valence-electron chi connectivity index (χ1n) is 24.8. The van der Waals surface area contributed by atoms with Gasteiger partial charge in [0.15, 0.2) is 23.0 Å². The number of methoxy groups -OCH3 is 2. The zero-order chi connectivity index (χ0) is 53.6. The number of aliphatic carboxylic acids is 1. The van der Waals surface area contributed by atoms with Crippen LogP contribution in [-0.4, -0.2) is 146 Å². The van der Waals surface area contributed by atoms with Crippen LogP contribution in [0.25, 0.3) is 0 Å². The molecule has 398 valence electrons. The number of rotatable bonds is 21. The molecule has 22 nitrogen and oxygen atoms in total. The third-order valence-corrected chi connectivity index (χ3v) is 14.2. The molecule has 0 radical (unpaired) electrons. The summed E-state index contributed by atoms with van der Waals surface area (Å²) in [6, 6.07) is 9.92. The second-order valence-electron chi connectivity index (χ2n) is 19.2. The number of aliphatic imine (C=N–C) groups is 1. The minimum atomic E-state index is -1.61. The van der Waals surface area contributed by atoms with Gasteiger partial charge in [-0.05, 0) is 86.8 Å². The molecule has 0 aromatic heterocycles. The highest BCUT2D eigenvalue weighted by molar-refractivity contribution is 6.07. The second-order valence-corrected chi connectivity index (χ2v) is 19.2. The van der Waals surface area contributed by atoms with Crippen LogP contribution in [0.2, 0.25) is 0 Å². The van der Waals surface area contributed by atoms with Gasteiger partial charge in [0.05, 0.1) is 74.7 Å². The molecule has 5 aliphatic rings. The van der Waals surface area contributed by atoms with Crippen molar-refractivity contribution in [3.63, 3.8) is 0 Å². The van der Waals surface area contributed by atoms with Crippen LogP contribution < -0.4 is 45.5 Å². The number of urea groups is 1. The molecule has 8 rings (SSSR count). The molecule has 4 heterocycles. The number of benzene rings is 3. The SMILES string of the molecule is C=C1C[C@H]2C=Nc3cc(OCCCCCOc4cc5c(cc4OC)C(=O)N4CC(=C)[C@H](O)[C@@H]4CN5C(=O)OCc4ccc(NC(=O)[C@H](CCCNC(N)=O)NC(=O)C5(C(=O)O)CCC5)cc4)c(OC)cc3C(=O)N2C1. The predicted octanol–water partition coefficient (Wildman–Crippen LogP) is 4.84. The molecule has 4 atom stereocenters. The first kappa shape index (κ1) is 53.2. The molecular formula is C53H62N8O14. The fourth-order valence-electron chi connectivity index (χ4n) is 9.76. The molecule has 7 N–H and O–H groups in total. The lowest BCUT2D eigenvalue weighted by Crippen LogP contribution is -2.55. The first-order chi connectivity index (χ1) is 36.0. The van der Waals surface area contributed by atoms with Crippen LogP contribution in [0, 0.1) is 5.41 Å². The molecule has 0 bridgehead atoms. The smallest absolute Gasteiger partial charge is 0.414 e. The van der Waals surface area contributed by atoms with E-state index in [9.17, 15) is 43.8 Å². The maximum Gasteiger partial charge on any atom is 0.414 e. The number of fused-ring (bicyclic) bond motifs is 4. The molecule has 75 heavy (non-hydrogen) atoms. The molecule has 3 aromatic carbocycles. The van der Waals surface area contributed by atoms with E-state index >= 15 is 0 Å². The van der Waals surface area contributed by atoms with Crippen molar-refractivity contribution < 1.29 is 67.5 Å². The number of unbranched alkanes of at least 4 members (excludes halogenated alkanes) is 2. The van der Waals surface area contributed by atoms with Gasteiger partial charge in [-0.25, -0.2) is 9.59 Å². The predicted molar refractivity (Wildman–Crippen MR) is 273 cm³/mol.